The summed E-state index contributed by atoms with van der Waals surface area (Å²) in [7, 11) is 0. The molecule has 0 bridgehead atoms. The van der Waals surface area contributed by atoms with Crippen LogP contribution in [-0.2, 0) is 26.5 Å². The molecule has 3 nitrogen and oxygen atoms in total. The Labute approximate surface area is 276 Å². The number of pyridine rings is 2. The molecule has 8 aromatic rings. The monoisotopic (exact) mass is 757 g/mol. The van der Waals surface area contributed by atoms with Gasteiger partial charge in [-0.05, 0) is 52.7 Å². The largest absolute Gasteiger partial charge is 0.501 e. The number of hydrogen-bond acceptors (Lipinski definition) is 3. The minimum atomic E-state index is 0. The molecule has 0 fully saturated rings. The van der Waals surface area contributed by atoms with E-state index in [1.165, 1.54) is 22.3 Å². The molecule has 0 saturated carbocycles. The predicted octanol–water partition coefficient (Wildman–Crippen LogP) is 10.3. The number of furan rings is 1. The van der Waals surface area contributed by atoms with Crippen LogP contribution in [-0.4, -0.2) is 9.97 Å². The maximum Gasteiger partial charge on any atom is 0.120 e. The van der Waals surface area contributed by atoms with Crippen LogP contribution < -0.4 is 0 Å². The first-order chi connectivity index (χ1) is 21.8. The van der Waals surface area contributed by atoms with Crippen LogP contribution in [0.2, 0.25) is 0 Å². The summed E-state index contributed by atoms with van der Waals surface area (Å²) in [6.45, 7) is 0. The Kier molecular flexibility index (Phi) is 9.36. The van der Waals surface area contributed by atoms with Gasteiger partial charge in [-0.25, -0.2) is 0 Å². The van der Waals surface area contributed by atoms with Gasteiger partial charge in [0.15, 0.2) is 0 Å². The molecule has 0 N–H and O–H groups in total. The molecule has 5 aromatic carbocycles. The molecule has 0 aliphatic heterocycles. The van der Waals surface area contributed by atoms with Crippen LogP contribution in [0.4, 0.5) is 0 Å². The molecule has 45 heavy (non-hydrogen) atoms. The molecule has 4 heteroatoms. The van der Waals surface area contributed by atoms with Gasteiger partial charge in [-0.15, -0.1) is 53.6 Å². The SMILES string of the molecule is [Ir].[c-]1ccc(-c2ccccc2)cc1-c1ccccn1.[c-]1ccc2c(oc3ccccc32)c1-c1cc(Cc2ccccc2)ccn1. The van der Waals surface area contributed by atoms with E-state index in [0.717, 1.165) is 50.9 Å². The van der Waals surface area contributed by atoms with Gasteiger partial charge in [-0.2, -0.15) is 0 Å². The zero-order valence-corrected chi connectivity index (χ0v) is 26.7. The van der Waals surface area contributed by atoms with Crippen molar-refractivity contribution in [3.05, 3.63) is 181 Å². The normalized spacial score (nSPS) is 10.6. The van der Waals surface area contributed by atoms with Gasteiger partial charge >= 0.3 is 0 Å². The third-order valence-electron chi connectivity index (χ3n) is 7.52. The van der Waals surface area contributed by atoms with Gasteiger partial charge in [0, 0.05) is 37.9 Å². The second-order valence-electron chi connectivity index (χ2n) is 10.5. The smallest absolute Gasteiger partial charge is 0.120 e. The predicted molar refractivity (Wildman–Crippen MR) is 179 cm³/mol. The first kappa shape index (κ1) is 29.9. The average Bonchev–Trinajstić information content (AvgIpc) is 3.49. The van der Waals surface area contributed by atoms with Crippen molar-refractivity contribution < 1.29 is 24.5 Å². The van der Waals surface area contributed by atoms with E-state index in [9.17, 15) is 0 Å². The molecule has 0 aliphatic carbocycles. The Morgan fingerprint density at radius 2 is 1.27 bits per heavy atom. The number of para-hydroxylation sites is 1. The van der Waals surface area contributed by atoms with Gasteiger partial charge in [0.05, 0.1) is 5.58 Å². The minimum absolute atomic E-state index is 0. The second kappa shape index (κ2) is 14.1. The molecule has 3 heterocycles. The molecular formula is C41H28IrN2O-2. The molecule has 1 radical (unpaired) electrons. The number of fused-ring (bicyclic) bond motifs is 3. The molecule has 3 aromatic heterocycles. The van der Waals surface area contributed by atoms with Crippen LogP contribution in [0.3, 0.4) is 0 Å². The van der Waals surface area contributed by atoms with Crippen molar-refractivity contribution in [3.63, 3.8) is 0 Å². The average molecular weight is 757 g/mol. The fraction of sp³-hybridized carbons (Fsp3) is 0.0244. The third-order valence-corrected chi connectivity index (χ3v) is 7.52. The van der Waals surface area contributed by atoms with Crippen molar-refractivity contribution in [2.24, 2.45) is 0 Å². The van der Waals surface area contributed by atoms with E-state index in [4.69, 9.17) is 4.42 Å². The minimum Gasteiger partial charge on any atom is -0.501 e. The first-order valence-electron chi connectivity index (χ1n) is 14.6. The van der Waals surface area contributed by atoms with Gasteiger partial charge in [-0.3, -0.25) is 0 Å². The van der Waals surface area contributed by atoms with E-state index in [0.29, 0.717) is 0 Å². The Morgan fingerprint density at radius 1 is 0.533 bits per heavy atom. The van der Waals surface area contributed by atoms with Gasteiger partial charge < -0.3 is 14.4 Å². The zero-order chi connectivity index (χ0) is 29.6. The Morgan fingerprint density at radius 3 is 2.09 bits per heavy atom. The van der Waals surface area contributed by atoms with Crippen molar-refractivity contribution in [1.29, 1.82) is 0 Å². The molecular weight excluding hydrogens is 729 g/mol. The van der Waals surface area contributed by atoms with E-state index < -0.39 is 0 Å². The van der Waals surface area contributed by atoms with Gasteiger partial charge in [0.25, 0.3) is 0 Å². The zero-order valence-electron chi connectivity index (χ0n) is 24.4. The summed E-state index contributed by atoms with van der Waals surface area (Å²) in [4.78, 5) is 8.93. The summed E-state index contributed by atoms with van der Waals surface area (Å²) in [6.07, 6.45) is 4.55. The van der Waals surface area contributed by atoms with Gasteiger partial charge in [0.2, 0.25) is 0 Å². The summed E-state index contributed by atoms with van der Waals surface area (Å²) < 4.78 is 6.12. The number of aromatic nitrogens is 2. The van der Waals surface area contributed by atoms with Crippen LogP contribution in [0.1, 0.15) is 11.1 Å². The van der Waals surface area contributed by atoms with E-state index in [-0.39, 0.29) is 20.1 Å². The van der Waals surface area contributed by atoms with Crippen LogP contribution in [0.25, 0.3) is 55.6 Å². The molecule has 0 atom stereocenters. The quantitative estimate of drug-likeness (QED) is 0.164. The summed E-state index contributed by atoms with van der Waals surface area (Å²) in [5.41, 5.74) is 10.4. The van der Waals surface area contributed by atoms with Crippen LogP contribution in [0.15, 0.2) is 162 Å². The maximum atomic E-state index is 6.12. The molecule has 0 amide bonds. The Bertz CT molecular complexity index is 2090. The second-order valence-corrected chi connectivity index (χ2v) is 10.5. The van der Waals surface area contributed by atoms with Gasteiger partial charge in [0.1, 0.15) is 5.58 Å². The van der Waals surface area contributed by atoms with Gasteiger partial charge in [-0.1, -0.05) is 108 Å². The van der Waals surface area contributed by atoms with Crippen molar-refractivity contribution in [3.8, 4) is 33.6 Å². The molecule has 8 rings (SSSR count). The molecule has 0 saturated heterocycles. The van der Waals surface area contributed by atoms with Crippen LogP contribution >= 0.6 is 0 Å². The van der Waals surface area contributed by atoms with E-state index in [2.05, 4.69) is 94.9 Å². The van der Waals surface area contributed by atoms with E-state index in [1.54, 1.807) is 6.20 Å². The fourth-order valence-corrected chi connectivity index (χ4v) is 5.38. The summed E-state index contributed by atoms with van der Waals surface area (Å²) in [5, 5.41) is 2.22. The van der Waals surface area contributed by atoms with Crippen molar-refractivity contribution in [2.45, 2.75) is 6.42 Å². The Hall–Kier alpha value is -5.15. The van der Waals surface area contributed by atoms with Crippen molar-refractivity contribution >= 4 is 21.9 Å². The maximum absolute atomic E-state index is 6.12. The number of benzene rings is 5. The molecule has 0 unspecified atom stereocenters. The number of hydrogen-bond donors (Lipinski definition) is 0. The first-order valence-corrected chi connectivity index (χ1v) is 14.6. The summed E-state index contributed by atoms with van der Waals surface area (Å²) >= 11 is 0. The number of rotatable bonds is 5. The van der Waals surface area contributed by atoms with Crippen LogP contribution in [0.5, 0.6) is 0 Å². The molecule has 0 aliphatic rings. The standard InChI is InChI=1S/C24H16NO.C17H12N.Ir/c1-2-7-17(8-3-1)15-18-13-14-25-22(16-18)21-11-6-10-20-19-9-4-5-12-23(19)26-24(20)21;1-2-7-14(8-3-1)15-9-6-10-16(13-15)17-11-4-5-12-18-17;/h1-10,12-14,16H,15H2;1-9,11-13H;/q2*-1;. The fourth-order valence-electron chi connectivity index (χ4n) is 5.38. The molecule has 0 spiro atoms. The summed E-state index contributed by atoms with van der Waals surface area (Å²) in [5.74, 6) is 0. The van der Waals surface area contributed by atoms with E-state index in [1.807, 2.05) is 79.0 Å². The molecule has 219 valence electrons. The van der Waals surface area contributed by atoms with E-state index >= 15 is 0 Å². The summed E-state index contributed by atoms with van der Waals surface area (Å²) in [6, 6.07) is 55.7. The third kappa shape index (κ3) is 6.84. The number of nitrogens with zero attached hydrogens (tertiary/aromatic N) is 2. The Balaban J connectivity index is 0.000000166. The van der Waals surface area contributed by atoms with Crippen molar-refractivity contribution in [1.82, 2.24) is 9.97 Å². The topological polar surface area (TPSA) is 38.9 Å². The van der Waals surface area contributed by atoms with Crippen LogP contribution in [0, 0.1) is 12.1 Å². The van der Waals surface area contributed by atoms with Crippen molar-refractivity contribution in [2.75, 3.05) is 0 Å².